The summed E-state index contributed by atoms with van der Waals surface area (Å²) in [5, 5.41) is 3.08. The zero-order valence-electron chi connectivity index (χ0n) is 12.4. The van der Waals surface area contributed by atoms with Crippen molar-refractivity contribution in [3.63, 3.8) is 0 Å². The van der Waals surface area contributed by atoms with Crippen molar-refractivity contribution in [3.8, 4) is 0 Å². The van der Waals surface area contributed by atoms with E-state index in [2.05, 4.69) is 23.9 Å². The maximum Gasteiger partial charge on any atom is 0.250 e. The molecule has 0 aliphatic heterocycles. The molecule has 2 N–H and O–H groups in total. The Balaban J connectivity index is 2.08. The highest BCUT2D eigenvalue weighted by Crippen LogP contribution is 2.38. The highest BCUT2D eigenvalue weighted by atomic mass is 32.2. The summed E-state index contributed by atoms with van der Waals surface area (Å²) in [6.07, 6.45) is 3.98. The van der Waals surface area contributed by atoms with Crippen LogP contribution in [0.25, 0.3) is 0 Å². The first-order valence-electron chi connectivity index (χ1n) is 7.11. The molecule has 6 heteroatoms. The van der Waals surface area contributed by atoms with Crippen molar-refractivity contribution in [1.82, 2.24) is 10.0 Å². The van der Waals surface area contributed by atoms with Gasteiger partial charge < -0.3 is 5.32 Å². The third kappa shape index (κ3) is 3.61. The number of thiophene rings is 1. The van der Waals surface area contributed by atoms with E-state index < -0.39 is 10.0 Å². The van der Waals surface area contributed by atoms with Crippen LogP contribution in [0.1, 0.15) is 38.0 Å². The van der Waals surface area contributed by atoms with Crippen LogP contribution in [0.3, 0.4) is 0 Å². The normalized spacial score (nSPS) is 22.2. The standard InChI is InChI=1S/C14H24N2O2S2/c1-14(2)9-4-5-12(14)16-20(17,18)13-7-6-11(19-13)8-10-15-3/h6-7,12,15-16H,4-5,8-10H2,1-3H3. The summed E-state index contributed by atoms with van der Waals surface area (Å²) in [6, 6.07) is 3.69. The second-order valence-electron chi connectivity index (χ2n) is 6.13. The molecule has 0 amide bonds. The first-order chi connectivity index (χ1) is 9.35. The molecule has 4 nitrogen and oxygen atoms in total. The Kier molecular flexibility index (Phi) is 4.89. The van der Waals surface area contributed by atoms with E-state index in [0.29, 0.717) is 4.21 Å². The van der Waals surface area contributed by atoms with Gasteiger partial charge in [0.2, 0.25) is 10.0 Å². The maximum absolute atomic E-state index is 12.4. The van der Waals surface area contributed by atoms with Gasteiger partial charge in [-0.3, -0.25) is 0 Å². The number of rotatable bonds is 6. The minimum atomic E-state index is -3.37. The Morgan fingerprint density at radius 2 is 2.15 bits per heavy atom. The average Bonchev–Trinajstić information content (AvgIpc) is 2.95. The van der Waals surface area contributed by atoms with Crippen molar-refractivity contribution >= 4 is 21.4 Å². The van der Waals surface area contributed by atoms with Crippen molar-refractivity contribution in [2.75, 3.05) is 13.6 Å². The van der Waals surface area contributed by atoms with Crippen molar-refractivity contribution in [3.05, 3.63) is 17.0 Å². The summed E-state index contributed by atoms with van der Waals surface area (Å²) >= 11 is 1.37. The van der Waals surface area contributed by atoms with Crippen molar-refractivity contribution in [2.45, 2.75) is 49.8 Å². The molecule has 1 aliphatic carbocycles. The maximum atomic E-state index is 12.4. The lowest BCUT2D eigenvalue weighted by atomic mass is 9.88. The van der Waals surface area contributed by atoms with Gasteiger partial charge in [0.1, 0.15) is 4.21 Å². The zero-order chi connectivity index (χ0) is 14.8. The molecule has 20 heavy (non-hydrogen) atoms. The van der Waals surface area contributed by atoms with Crippen LogP contribution in [-0.2, 0) is 16.4 Å². The van der Waals surface area contributed by atoms with E-state index >= 15 is 0 Å². The van der Waals surface area contributed by atoms with Gasteiger partial charge in [0.15, 0.2) is 0 Å². The molecule has 1 fully saturated rings. The molecule has 1 unspecified atom stereocenters. The molecule has 0 saturated heterocycles. The Hall–Kier alpha value is -0.430. The first kappa shape index (κ1) is 15.9. The largest absolute Gasteiger partial charge is 0.319 e. The van der Waals surface area contributed by atoms with Gasteiger partial charge in [0.25, 0.3) is 0 Å². The van der Waals surface area contributed by atoms with Gasteiger partial charge in [0, 0.05) is 10.9 Å². The van der Waals surface area contributed by atoms with Crippen LogP contribution in [0.5, 0.6) is 0 Å². The molecule has 0 bridgehead atoms. The number of sulfonamides is 1. The van der Waals surface area contributed by atoms with Crippen molar-refractivity contribution in [2.24, 2.45) is 5.41 Å². The highest BCUT2D eigenvalue weighted by Gasteiger charge is 2.37. The van der Waals surface area contributed by atoms with Crippen molar-refractivity contribution in [1.29, 1.82) is 0 Å². The van der Waals surface area contributed by atoms with Crippen molar-refractivity contribution < 1.29 is 8.42 Å². The molecule has 2 rings (SSSR count). The molecule has 0 spiro atoms. The quantitative estimate of drug-likeness (QED) is 0.847. The van der Waals surface area contributed by atoms with E-state index in [0.717, 1.165) is 37.1 Å². The van der Waals surface area contributed by atoms with Crippen LogP contribution in [0.2, 0.25) is 0 Å². The van der Waals surface area contributed by atoms with Gasteiger partial charge in [-0.05, 0) is 50.4 Å². The monoisotopic (exact) mass is 316 g/mol. The fraction of sp³-hybridized carbons (Fsp3) is 0.714. The number of nitrogens with one attached hydrogen (secondary N) is 2. The summed E-state index contributed by atoms with van der Waals surface area (Å²) in [7, 11) is -1.47. The SMILES string of the molecule is CNCCc1ccc(S(=O)(=O)NC2CCCC2(C)C)s1. The molecule has 1 heterocycles. The Labute approximate surface area is 126 Å². The minimum absolute atomic E-state index is 0.0513. The minimum Gasteiger partial charge on any atom is -0.319 e. The van der Waals surface area contributed by atoms with Crippen LogP contribution in [-0.4, -0.2) is 28.1 Å². The predicted molar refractivity (Wildman–Crippen MR) is 83.7 cm³/mol. The van der Waals surface area contributed by atoms with E-state index in [-0.39, 0.29) is 11.5 Å². The van der Waals surface area contributed by atoms with Gasteiger partial charge in [-0.15, -0.1) is 11.3 Å². The van der Waals surface area contributed by atoms with Gasteiger partial charge >= 0.3 is 0 Å². The number of hydrogen-bond donors (Lipinski definition) is 2. The molecule has 0 radical (unpaired) electrons. The molecule has 1 aliphatic rings. The third-order valence-corrected chi connectivity index (χ3v) is 7.19. The van der Waals surface area contributed by atoms with E-state index in [1.165, 1.54) is 11.3 Å². The molecule has 0 aromatic carbocycles. The molecule has 114 valence electrons. The number of hydrogen-bond acceptors (Lipinski definition) is 4. The molecule has 1 aromatic heterocycles. The zero-order valence-corrected chi connectivity index (χ0v) is 14.0. The molecule has 1 atom stereocenters. The lowest BCUT2D eigenvalue weighted by Crippen LogP contribution is -2.41. The van der Waals surface area contributed by atoms with E-state index in [1.54, 1.807) is 6.07 Å². The summed E-state index contributed by atoms with van der Waals surface area (Å²) in [6.45, 7) is 5.14. The summed E-state index contributed by atoms with van der Waals surface area (Å²) < 4.78 is 28.2. The summed E-state index contributed by atoms with van der Waals surface area (Å²) in [4.78, 5) is 1.10. The fourth-order valence-electron chi connectivity index (χ4n) is 2.68. The Morgan fingerprint density at radius 3 is 2.75 bits per heavy atom. The van der Waals surface area contributed by atoms with Crippen LogP contribution < -0.4 is 10.0 Å². The smallest absolute Gasteiger partial charge is 0.250 e. The number of likely N-dealkylation sites (N-methyl/N-ethyl adjacent to an activating group) is 1. The molecular weight excluding hydrogens is 292 g/mol. The van der Waals surface area contributed by atoms with Crippen LogP contribution >= 0.6 is 11.3 Å². The predicted octanol–water partition coefficient (Wildman–Crippen LogP) is 2.37. The Morgan fingerprint density at radius 1 is 1.40 bits per heavy atom. The third-order valence-electron chi connectivity index (χ3n) is 4.08. The first-order valence-corrected chi connectivity index (χ1v) is 9.41. The Bertz CT molecular complexity index is 549. The van der Waals surface area contributed by atoms with Gasteiger partial charge in [0.05, 0.1) is 0 Å². The molecule has 1 saturated carbocycles. The topological polar surface area (TPSA) is 58.2 Å². The molecular formula is C14H24N2O2S2. The second kappa shape index (κ2) is 6.13. The highest BCUT2D eigenvalue weighted by molar-refractivity contribution is 7.91. The van der Waals surface area contributed by atoms with E-state index in [1.807, 2.05) is 13.1 Å². The van der Waals surface area contributed by atoms with Gasteiger partial charge in [-0.25, -0.2) is 13.1 Å². The average molecular weight is 316 g/mol. The summed E-state index contributed by atoms with van der Waals surface area (Å²) in [5.74, 6) is 0. The van der Waals surface area contributed by atoms with E-state index in [4.69, 9.17) is 0 Å². The van der Waals surface area contributed by atoms with E-state index in [9.17, 15) is 8.42 Å². The second-order valence-corrected chi connectivity index (χ2v) is 9.24. The molecule has 1 aromatic rings. The van der Waals surface area contributed by atoms with Crippen LogP contribution in [0.15, 0.2) is 16.3 Å². The van der Waals surface area contributed by atoms with Crippen LogP contribution in [0, 0.1) is 5.41 Å². The van der Waals surface area contributed by atoms with Gasteiger partial charge in [-0.1, -0.05) is 20.3 Å². The summed E-state index contributed by atoms with van der Waals surface area (Å²) in [5.41, 5.74) is 0.0549. The van der Waals surface area contributed by atoms with Gasteiger partial charge in [-0.2, -0.15) is 0 Å². The lowest BCUT2D eigenvalue weighted by molar-refractivity contribution is 0.313. The fourth-order valence-corrected chi connectivity index (χ4v) is 5.49. The van der Waals surface area contributed by atoms with Crippen LogP contribution in [0.4, 0.5) is 0 Å². The lowest BCUT2D eigenvalue weighted by Gasteiger charge is -2.27.